The number of H-pyrrole nitrogens is 1. The first-order valence-corrected chi connectivity index (χ1v) is 6.51. The maximum Gasteiger partial charge on any atom is 0.297 e. The normalized spacial score (nSPS) is 10.8. The monoisotopic (exact) mass is 273 g/mol. The highest BCUT2D eigenvalue weighted by Crippen LogP contribution is 2.26. The van der Waals surface area contributed by atoms with Gasteiger partial charge in [0.2, 0.25) is 5.82 Å². The van der Waals surface area contributed by atoms with E-state index >= 15 is 0 Å². The van der Waals surface area contributed by atoms with E-state index in [1.807, 2.05) is 25.1 Å². The fourth-order valence-corrected chi connectivity index (χ4v) is 2.64. The number of hydrogen-bond donors (Lipinski definition) is 2. The first-order chi connectivity index (χ1) is 9.11. The highest BCUT2D eigenvalue weighted by atomic mass is 32.1. The van der Waals surface area contributed by atoms with Crippen LogP contribution >= 0.6 is 11.3 Å². The maximum atomic E-state index is 11.9. The van der Waals surface area contributed by atoms with Crippen molar-refractivity contribution in [3.63, 3.8) is 0 Å². The predicted molar refractivity (Wildman–Crippen MR) is 73.4 cm³/mol. The third-order valence-corrected chi connectivity index (χ3v) is 3.50. The summed E-state index contributed by atoms with van der Waals surface area (Å²) in [6.07, 6.45) is 0. The van der Waals surface area contributed by atoms with Crippen LogP contribution in [0, 0.1) is 13.8 Å². The molecule has 0 aliphatic heterocycles. The van der Waals surface area contributed by atoms with Gasteiger partial charge in [-0.05, 0) is 31.5 Å². The summed E-state index contributed by atoms with van der Waals surface area (Å²) in [4.78, 5) is 20.2. The molecular weight excluding hydrogens is 262 g/mol. The molecule has 2 heterocycles. The number of aryl methyl sites for hydroxylation is 2. The van der Waals surface area contributed by atoms with E-state index in [0.717, 1.165) is 10.2 Å². The topological polar surface area (TPSA) is 83.6 Å². The summed E-state index contributed by atoms with van der Waals surface area (Å²) >= 11 is 1.43. The van der Waals surface area contributed by atoms with Crippen LogP contribution in [-0.2, 0) is 0 Å². The van der Waals surface area contributed by atoms with Crippen molar-refractivity contribution in [1.29, 1.82) is 0 Å². The van der Waals surface area contributed by atoms with Crippen LogP contribution in [0.4, 0.5) is 5.13 Å². The summed E-state index contributed by atoms with van der Waals surface area (Å²) < 4.78 is 1.04. The van der Waals surface area contributed by atoms with Crippen molar-refractivity contribution in [3.05, 3.63) is 35.4 Å². The van der Waals surface area contributed by atoms with Crippen LogP contribution in [-0.4, -0.2) is 26.1 Å². The zero-order valence-corrected chi connectivity index (χ0v) is 11.2. The molecule has 3 aromatic rings. The molecule has 0 aliphatic rings. The first kappa shape index (κ1) is 11.8. The number of nitrogens with zero attached hydrogens (tertiary/aromatic N) is 3. The van der Waals surface area contributed by atoms with E-state index in [4.69, 9.17) is 0 Å². The van der Waals surface area contributed by atoms with Crippen molar-refractivity contribution in [2.45, 2.75) is 13.8 Å². The molecular formula is C12H11N5OS. The molecule has 96 valence electrons. The van der Waals surface area contributed by atoms with Crippen molar-refractivity contribution in [2.75, 3.05) is 5.32 Å². The van der Waals surface area contributed by atoms with Crippen molar-refractivity contribution in [2.24, 2.45) is 0 Å². The second-order valence-electron chi connectivity index (χ2n) is 4.19. The molecule has 1 amide bonds. The van der Waals surface area contributed by atoms with Gasteiger partial charge in [-0.25, -0.2) is 9.97 Å². The van der Waals surface area contributed by atoms with Gasteiger partial charge in [0.1, 0.15) is 5.82 Å². The van der Waals surface area contributed by atoms with Gasteiger partial charge in [0.25, 0.3) is 5.91 Å². The standard InChI is InChI=1S/C12H11N5OS/c1-6-3-4-8-9(5-6)19-12(14-8)15-11(18)10-13-7(2)16-17-10/h3-5H,1-2H3,(H,13,16,17)(H,14,15,18). The molecule has 0 saturated carbocycles. The molecule has 1 aromatic carbocycles. The van der Waals surface area contributed by atoms with E-state index in [0.29, 0.717) is 11.0 Å². The number of aromatic amines is 1. The Morgan fingerprint density at radius 2 is 2.16 bits per heavy atom. The number of anilines is 1. The molecule has 0 atom stereocenters. The smallest absolute Gasteiger partial charge is 0.295 e. The largest absolute Gasteiger partial charge is 0.297 e. The van der Waals surface area contributed by atoms with E-state index in [1.165, 1.54) is 16.9 Å². The average Bonchev–Trinajstić information content (AvgIpc) is 2.94. The van der Waals surface area contributed by atoms with Gasteiger partial charge < -0.3 is 0 Å². The minimum Gasteiger partial charge on any atom is -0.295 e. The summed E-state index contributed by atoms with van der Waals surface area (Å²) in [5.74, 6) is 0.359. The lowest BCUT2D eigenvalue weighted by atomic mass is 10.2. The molecule has 19 heavy (non-hydrogen) atoms. The van der Waals surface area contributed by atoms with Gasteiger partial charge in [-0.3, -0.25) is 15.2 Å². The van der Waals surface area contributed by atoms with E-state index in [9.17, 15) is 4.79 Å². The Morgan fingerprint density at radius 3 is 2.89 bits per heavy atom. The third-order valence-electron chi connectivity index (χ3n) is 2.56. The van der Waals surface area contributed by atoms with E-state index in [-0.39, 0.29) is 11.7 Å². The van der Waals surface area contributed by atoms with Gasteiger partial charge in [0.15, 0.2) is 5.13 Å². The van der Waals surface area contributed by atoms with Crippen molar-refractivity contribution in [3.8, 4) is 0 Å². The van der Waals surface area contributed by atoms with Crippen molar-refractivity contribution in [1.82, 2.24) is 20.2 Å². The van der Waals surface area contributed by atoms with Crippen LogP contribution in [0.3, 0.4) is 0 Å². The highest BCUT2D eigenvalue weighted by Gasteiger charge is 2.13. The number of fused-ring (bicyclic) bond motifs is 1. The first-order valence-electron chi connectivity index (χ1n) is 5.69. The van der Waals surface area contributed by atoms with Crippen LogP contribution < -0.4 is 5.32 Å². The summed E-state index contributed by atoms with van der Waals surface area (Å²) in [5.41, 5.74) is 2.04. The molecule has 2 N–H and O–H groups in total. The fraction of sp³-hybridized carbons (Fsp3) is 0.167. The SMILES string of the molecule is Cc1ccc2nc(NC(=O)c3n[nH]c(C)n3)sc2c1. The minimum atomic E-state index is -0.361. The van der Waals surface area contributed by atoms with Crippen LogP contribution in [0.15, 0.2) is 18.2 Å². The fourth-order valence-electron chi connectivity index (χ4n) is 1.68. The second kappa shape index (κ2) is 4.43. The Balaban J connectivity index is 1.87. The molecule has 0 radical (unpaired) electrons. The molecule has 0 unspecified atom stereocenters. The number of rotatable bonds is 2. The average molecular weight is 273 g/mol. The van der Waals surface area contributed by atoms with Gasteiger partial charge in [0, 0.05) is 0 Å². The third kappa shape index (κ3) is 2.32. The molecule has 0 bridgehead atoms. The Hall–Kier alpha value is -2.28. The maximum absolute atomic E-state index is 11.9. The zero-order chi connectivity index (χ0) is 13.4. The predicted octanol–water partition coefficient (Wildman–Crippen LogP) is 2.28. The number of thiazole rings is 1. The van der Waals surface area contributed by atoms with Gasteiger partial charge >= 0.3 is 0 Å². The van der Waals surface area contributed by atoms with Crippen molar-refractivity contribution < 1.29 is 4.79 Å². The molecule has 0 saturated heterocycles. The van der Waals surface area contributed by atoms with E-state index in [2.05, 4.69) is 25.5 Å². The minimum absolute atomic E-state index is 0.118. The van der Waals surface area contributed by atoms with Crippen LogP contribution in [0.25, 0.3) is 10.2 Å². The summed E-state index contributed by atoms with van der Waals surface area (Å²) in [6.45, 7) is 3.76. The number of benzene rings is 1. The van der Waals surface area contributed by atoms with Gasteiger partial charge in [-0.1, -0.05) is 17.4 Å². The molecule has 6 nitrogen and oxygen atoms in total. The Morgan fingerprint density at radius 1 is 1.32 bits per heavy atom. The number of carbonyl (C=O) groups excluding carboxylic acids is 1. The number of amides is 1. The Labute approximate surface area is 112 Å². The quantitative estimate of drug-likeness (QED) is 0.750. The molecule has 0 aliphatic carbocycles. The number of aromatic nitrogens is 4. The summed E-state index contributed by atoms with van der Waals surface area (Å²) in [7, 11) is 0. The zero-order valence-electron chi connectivity index (χ0n) is 10.4. The van der Waals surface area contributed by atoms with Gasteiger partial charge in [0.05, 0.1) is 10.2 Å². The molecule has 0 spiro atoms. The van der Waals surface area contributed by atoms with Crippen LogP contribution in [0.5, 0.6) is 0 Å². The van der Waals surface area contributed by atoms with E-state index < -0.39 is 0 Å². The molecule has 7 heteroatoms. The number of carbonyl (C=O) groups is 1. The lowest BCUT2D eigenvalue weighted by molar-refractivity contribution is 0.101. The molecule has 3 rings (SSSR count). The number of nitrogens with one attached hydrogen (secondary N) is 2. The number of hydrogen-bond acceptors (Lipinski definition) is 5. The lowest BCUT2D eigenvalue weighted by Gasteiger charge is -1.95. The highest BCUT2D eigenvalue weighted by molar-refractivity contribution is 7.22. The Kier molecular flexibility index (Phi) is 2.75. The van der Waals surface area contributed by atoms with Gasteiger partial charge in [-0.2, -0.15) is 0 Å². The Bertz CT molecular complexity index is 760. The van der Waals surface area contributed by atoms with Gasteiger partial charge in [-0.15, -0.1) is 5.10 Å². The summed E-state index contributed by atoms with van der Waals surface area (Å²) in [6, 6.07) is 5.97. The lowest BCUT2D eigenvalue weighted by Crippen LogP contribution is -2.13. The van der Waals surface area contributed by atoms with Crippen LogP contribution in [0.2, 0.25) is 0 Å². The van der Waals surface area contributed by atoms with Crippen LogP contribution in [0.1, 0.15) is 22.0 Å². The molecule has 2 aromatic heterocycles. The van der Waals surface area contributed by atoms with Crippen molar-refractivity contribution >= 4 is 32.6 Å². The second-order valence-corrected chi connectivity index (χ2v) is 5.22. The molecule has 0 fully saturated rings. The van der Waals surface area contributed by atoms with E-state index in [1.54, 1.807) is 6.92 Å². The summed E-state index contributed by atoms with van der Waals surface area (Å²) in [5, 5.41) is 9.69.